The fourth-order valence-electron chi connectivity index (χ4n) is 2.86. The molecule has 0 spiro atoms. The fourth-order valence-corrected chi connectivity index (χ4v) is 2.86. The van der Waals surface area contributed by atoms with E-state index in [0.717, 1.165) is 6.42 Å². The van der Waals surface area contributed by atoms with Gasteiger partial charge in [0.15, 0.2) is 0 Å². The van der Waals surface area contributed by atoms with Crippen LogP contribution < -0.4 is 0 Å². The van der Waals surface area contributed by atoms with Gasteiger partial charge in [0.1, 0.15) is 6.10 Å². The SMILES string of the molecule is CCC1OC(C(C)C)C(OC(=O)c2ccccc2)C1C. The average molecular weight is 276 g/mol. The van der Waals surface area contributed by atoms with E-state index >= 15 is 0 Å². The van der Waals surface area contributed by atoms with Gasteiger partial charge >= 0.3 is 5.97 Å². The molecular formula is C17H24O3. The number of benzene rings is 1. The zero-order chi connectivity index (χ0) is 14.7. The van der Waals surface area contributed by atoms with Gasteiger partial charge in [-0.1, -0.05) is 45.9 Å². The molecule has 1 aliphatic heterocycles. The summed E-state index contributed by atoms with van der Waals surface area (Å²) in [5, 5.41) is 0. The largest absolute Gasteiger partial charge is 0.456 e. The second-order valence-electron chi connectivity index (χ2n) is 5.89. The molecule has 1 fully saturated rings. The van der Waals surface area contributed by atoms with Crippen molar-refractivity contribution in [1.29, 1.82) is 0 Å². The lowest BCUT2D eigenvalue weighted by molar-refractivity contribution is -0.0317. The van der Waals surface area contributed by atoms with Gasteiger partial charge in [-0.25, -0.2) is 4.79 Å². The summed E-state index contributed by atoms with van der Waals surface area (Å²) in [6.07, 6.45) is 0.954. The minimum atomic E-state index is -0.256. The summed E-state index contributed by atoms with van der Waals surface area (Å²) < 4.78 is 11.8. The van der Waals surface area contributed by atoms with Crippen LogP contribution in [0.15, 0.2) is 30.3 Å². The molecule has 4 atom stereocenters. The molecule has 0 aromatic heterocycles. The maximum Gasteiger partial charge on any atom is 0.338 e. The molecule has 1 heterocycles. The van der Waals surface area contributed by atoms with Crippen LogP contribution in [0.1, 0.15) is 44.5 Å². The molecule has 0 amide bonds. The number of carbonyl (C=O) groups is 1. The smallest absolute Gasteiger partial charge is 0.338 e. The lowest BCUT2D eigenvalue weighted by Gasteiger charge is -2.24. The number of hydrogen-bond acceptors (Lipinski definition) is 3. The molecule has 3 heteroatoms. The van der Waals surface area contributed by atoms with Crippen molar-refractivity contribution >= 4 is 5.97 Å². The molecule has 0 N–H and O–H groups in total. The predicted molar refractivity (Wildman–Crippen MR) is 78.6 cm³/mol. The van der Waals surface area contributed by atoms with Crippen LogP contribution in [0.25, 0.3) is 0 Å². The van der Waals surface area contributed by atoms with E-state index in [1.165, 1.54) is 0 Å². The fraction of sp³-hybridized carbons (Fsp3) is 0.588. The zero-order valence-corrected chi connectivity index (χ0v) is 12.7. The van der Waals surface area contributed by atoms with Gasteiger partial charge in [0, 0.05) is 5.92 Å². The van der Waals surface area contributed by atoms with Crippen LogP contribution in [0, 0.1) is 11.8 Å². The third-order valence-corrected chi connectivity index (χ3v) is 4.07. The first kappa shape index (κ1) is 15.0. The molecule has 4 unspecified atom stereocenters. The van der Waals surface area contributed by atoms with Crippen molar-refractivity contribution in [3.8, 4) is 0 Å². The number of carbonyl (C=O) groups excluding carboxylic acids is 1. The van der Waals surface area contributed by atoms with Crippen LogP contribution in [0.5, 0.6) is 0 Å². The standard InChI is InChI=1S/C17H24O3/c1-5-14-12(4)16(15(19-14)11(2)3)20-17(18)13-9-7-6-8-10-13/h6-12,14-16H,5H2,1-4H3. The van der Waals surface area contributed by atoms with Crippen molar-refractivity contribution < 1.29 is 14.3 Å². The van der Waals surface area contributed by atoms with Gasteiger partial charge in [0.05, 0.1) is 17.8 Å². The van der Waals surface area contributed by atoms with Crippen LogP contribution in [0.3, 0.4) is 0 Å². The Labute approximate surface area is 121 Å². The summed E-state index contributed by atoms with van der Waals surface area (Å²) in [5.41, 5.74) is 0.599. The minimum Gasteiger partial charge on any atom is -0.456 e. The maximum absolute atomic E-state index is 12.2. The summed E-state index contributed by atoms with van der Waals surface area (Å²) in [4.78, 5) is 12.2. The van der Waals surface area contributed by atoms with Crippen LogP contribution in [-0.4, -0.2) is 24.3 Å². The molecule has 1 saturated heterocycles. The van der Waals surface area contributed by atoms with Crippen LogP contribution >= 0.6 is 0 Å². The van der Waals surface area contributed by atoms with Crippen LogP contribution in [0.4, 0.5) is 0 Å². The highest BCUT2D eigenvalue weighted by Crippen LogP contribution is 2.35. The highest BCUT2D eigenvalue weighted by molar-refractivity contribution is 5.89. The van der Waals surface area contributed by atoms with Gasteiger partial charge < -0.3 is 9.47 Å². The van der Waals surface area contributed by atoms with E-state index in [1.54, 1.807) is 12.1 Å². The Kier molecular flexibility index (Phi) is 4.81. The molecule has 1 aromatic carbocycles. The monoisotopic (exact) mass is 276 g/mol. The van der Waals surface area contributed by atoms with Gasteiger partial charge in [0.2, 0.25) is 0 Å². The van der Waals surface area contributed by atoms with Crippen molar-refractivity contribution in [2.24, 2.45) is 11.8 Å². The summed E-state index contributed by atoms with van der Waals surface area (Å²) in [7, 11) is 0. The molecule has 20 heavy (non-hydrogen) atoms. The third-order valence-electron chi connectivity index (χ3n) is 4.07. The third kappa shape index (κ3) is 3.04. The van der Waals surface area contributed by atoms with E-state index in [-0.39, 0.29) is 30.2 Å². The normalized spacial score (nSPS) is 29.6. The Balaban J connectivity index is 2.11. The molecule has 2 rings (SSSR count). The summed E-state index contributed by atoms with van der Waals surface area (Å²) in [5.74, 6) is 0.316. The second-order valence-corrected chi connectivity index (χ2v) is 5.89. The molecule has 1 aliphatic rings. The van der Waals surface area contributed by atoms with Crippen molar-refractivity contribution in [1.82, 2.24) is 0 Å². The van der Waals surface area contributed by atoms with Crippen molar-refractivity contribution in [3.05, 3.63) is 35.9 Å². The average Bonchev–Trinajstić information content (AvgIpc) is 2.77. The lowest BCUT2D eigenvalue weighted by Crippen LogP contribution is -2.34. The van der Waals surface area contributed by atoms with Crippen LogP contribution in [-0.2, 0) is 9.47 Å². The highest BCUT2D eigenvalue weighted by Gasteiger charge is 2.44. The molecule has 0 radical (unpaired) electrons. The Hall–Kier alpha value is -1.35. The van der Waals surface area contributed by atoms with Gasteiger partial charge in [-0.05, 0) is 24.5 Å². The van der Waals surface area contributed by atoms with Crippen molar-refractivity contribution in [3.63, 3.8) is 0 Å². The van der Waals surface area contributed by atoms with Crippen molar-refractivity contribution in [2.45, 2.75) is 52.4 Å². The van der Waals surface area contributed by atoms with E-state index in [9.17, 15) is 4.79 Å². The molecule has 1 aromatic rings. The summed E-state index contributed by atoms with van der Waals surface area (Å²) in [6.45, 7) is 8.44. The zero-order valence-electron chi connectivity index (χ0n) is 12.7. The molecule has 0 saturated carbocycles. The molecule has 0 aliphatic carbocycles. The second kappa shape index (κ2) is 6.40. The Morgan fingerprint density at radius 2 is 1.95 bits per heavy atom. The lowest BCUT2D eigenvalue weighted by atomic mass is 9.92. The van der Waals surface area contributed by atoms with E-state index in [1.807, 2.05) is 18.2 Å². The first-order valence-electron chi connectivity index (χ1n) is 7.46. The van der Waals surface area contributed by atoms with Gasteiger partial charge in [-0.15, -0.1) is 0 Å². The van der Waals surface area contributed by atoms with E-state index < -0.39 is 0 Å². The maximum atomic E-state index is 12.2. The molecule has 110 valence electrons. The number of esters is 1. The molecule has 0 bridgehead atoms. The van der Waals surface area contributed by atoms with E-state index in [4.69, 9.17) is 9.47 Å². The topological polar surface area (TPSA) is 35.5 Å². The van der Waals surface area contributed by atoms with Gasteiger partial charge in [0.25, 0.3) is 0 Å². The minimum absolute atomic E-state index is 0.0115. The first-order valence-corrected chi connectivity index (χ1v) is 7.46. The summed E-state index contributed by atoms with van der Waals surface area (Å²) >= 11 is 0. The Morgan fingerprint density at radius 1 is 1.30 bits per heavy atom. The highest BCUT2D eigenvalue weighted by atomic mass is 16.6. The Morgan fingerprint density at radius 3 is 2.50 bits per heavy atom. The number of ether oxygens (including phenoxy) is 2. The van der Waals surface area contributed by atoms with Gasteiger partial charge in [-0.3, -0.25) is 0 Å². The summed E-state index contributed by atoms with van der Waals surface area (Å²) in [6, 6.07) is 9.15. The number of rotatable bonds is 4. The Bertz CT molecular complexity index is 441. The quantitative estimate of drug-likeness (QED) is 0.787. The molecule has 3 nitrogen and oxygen atoms in total. The number of hydrogen-bond donors (Lipinski definition) is 0. The van der Waals surface area contributed by atoms with Crippen LogP contribution in [0.2, 0.25) is 0 Å². The van der Waals surface area contributed by atoms with Crippen molar-refractivity contribution in [2.75, 3.05) is 0 Å². The molecular weight excluding hydrogens is 252 g/mol. The predicted octanol–water partition coefficient (Wildman–Crippen LogP) is 3.68. The first-order chi connectivity index (χ1) is 9.54. The van der Waals surface area contributed by atoms with E-state index in [2.05, 4.69) is 27.7 Å². The van der Waals surface area contributed by atoms with Gasteiger partial charge in [-0.2, -0.15) is 0 Å². The van der Waals surface area contributed by atoms with E-state index in [0.29, 0.717) is 11.5 Å².